The maximum absolute atomic E-state index is 14.4. The Bertz CT molecular complexity index is 796. The van der Waals surface area contributed by atoms with Crippen LogP contribution in [0.4, 0.5) is 4.39 Å². The van der Waals surface area contributed by atoms with Crippen LogP contribution in [0, 0.1) is 19.7 Å². The van der Waals surface area contributed by atoms with Crippen molar-refractivity contribution in [2.75, 3.05) is 0 Å². The molecular weight excluding hydrogens is 295 g/mol. The van der Waals surface area contributed by atoms with E-state index in [1.165, 1.54) is 11.1 Å². The molecule has 0 unspecified atom stereocenters. The number of benzene rings is 3. The van der Waals surface area contributed by atoms with Gasteiger partial charge in [-0.25, -0.2) is 4.39 Å². The molecule has 0 aliphatic rings. The largest absolute Gasteiger partial charge is 0.206 e. The van der Waals surface area contributed by atoms with Gasteiger partial charge in [-0.2, -0.15) is 0 Å². The number of allylic oxidation sites excluding steroid dienone is 1. The molecular formula is C23H23F. The third-order valence-corrected chi connectivity index (χ3v) is 3.72. The van der Waals surface area contributed by atoms with Gasteiger partial charge < -0.3 is 0 Å². The van der Waals surface area contributed by atoms with Gasteiger partial charge in [0.2, 0.25) is 0 Å². The van der Waals surface area contributed by atoms with Crippen LogP contribution in [0.5, 0.6) is 0 Å². The first kappa shape index (κ1) is 17.7. The first-order chi connectivity index (χ1) is 11.5. The van der Waals surface area contributed by atoms with Gasteiger partial charge in [0.25, 0.3) is 0 Å². The van der Waals surface area contributed by atoms with Gasteiger partial charge in [0.05, 0.1) is 0 Å². The molecule has 0 nitrogen and oxygen atoms in total. The zero-order chi connectivity index (χ0) is 17.5. The van der Waals surface area contributed by atoms with Crippen molar-refractivity contribution >= 4 is 0 Å². The lowest BCUT2D eigenvalue weighted by Crippen LogP contribution is -1.87. The van der Waals surface area contributed by atoms with Crippen molar-refractivity contribution in [1.29, 1.82) is 0 Å². The zero-order valence-electron chi connectivity index (χ0n) is 14.5. The second-order valence-electron chi connectivity index (χ2n) is 5.83. The van der Waals surface area contributed by atoms with Crippen molar-refractivity contribution in [3.05, 3.63) is 96.3 Å². The normalized spacial score (nSPS) is 9.83. The highest BCUT2D eigenvalue weighted by atomic mass is 19.1. The molecule has 0 N–H and O–H groups in total. The Labute approximate surface area is 144 Å². The minimum atomic E-state index is -0.183. The molecule has 0 aliphatic heterocycles. The number of rotatable bonds is 2. The van der Waals surface area contributed by atoms with E-state index in [4.69, 9.17) is 0 Å². The minimum absolute atomic E-state index is 0.183. The molecule has 0 amide bonds. The van der Waals surface area contributed by atoms with Crippen molar-refractivity contribution in [3.63, 3.8) is 0 Å². The van der Waals surface area contributed by atoms with Crippen molar-refractivity contribution in [2.24, 2.45) is 0 Å². The van der Waals surface area contributed by atoms with E-state index in [1.807, 2.05) is 81.4 Å². The molecule has 24 heavy (non-hydrogen) atoms. The minimum Gasteiger partial charge on any atom is -0.206 e. The Morgan fingerprint density at radius 3 is 1.58 bits per heavy atom. The van der Waals surface area contributed by atoms with E-state index in [1.54, 1.807) is 12.1 Å². The van der Waals surface area contributed by atoms with Crippen LogP contribution in [0.15, 0.2) is 79.4 Å². The van der Waals surface area contributed by atoms with Gasteiger partial charge in [-0.1, -0.05) is 77.9 Å². The Morgan fingerprint density at radius 2 is 1.12 bits per heavy atom. The van der Waals surface area contributed by atoms with Gasteiger partial charge in [0.15, 0.2) is 0 Å². The van der Waals surface area contributed by atoms with Crippen LogP contribution >= 0.6 is 0 Å². The van der Waals surface area contributed by atoms with E-state index in [9.17, 15) is 4.39 Å². The summed E-state index contributed by atoms with van der Waals surface area (Å²) < 4.78 is 14.4. The predicted molar refractivity (Wildman–Crippen MR) is 103 cm³/mol. The number of hydrogen-bond donors (Lipinski definition) is 0. The third-order valence-electron chi connectivity index (χ3n) is 3.72. The molecule has 0 fully saturated rings. The second-order valence-corrected chi connectivity index (χ2v) is 5.83. The number of hydrogen-bond acceptors (Lipinski definition) is 0. The highest BCUT2D eigenvalue weighted by Crippen LogP contribution is 2.28. The van der Waals surface area contributed by atoms with E-state index in [2.05, 4.69) is 6.58 Å². The lowest BCUT2D eigenvalue weighted by molar-refractivity contribution is 0.632. The zero-order valence-corrected chi connectivity index (χ0v) is 14.5. The summed E-state index contributed by atoms with van der Waals surface area (Å²) in [5.74, 6) is -0.183. The SMILES string of the molecule is C=CC.Cc1ccc(-c2ccc(-c3ccc(C)cc3)c(F)c2)cc1. The summed E-state index contributed by atoms with van der Waals surface area (Å²) in [7, 11) is 0. The smallest absolute Gasteiger partial charge is 0.131 e. The average molecular weight is 318 g/mol. The lowest BCUT2D eigenvalue weighted by Gasteiger charge is -2.08. The molecule has 0 radical (unpaired) electrons. The molecule has 0 aromatic heterocycles. The maximum atomic E-state index is 14.4. The molecule has 0 saturated carbocycles. The summed E-state index contributed by atoms with van der Waals surface area (Å²) in [6.07, 6.45) is 1.75. The van der Waals surface area contributed by atoms with E-state index < -0.39 is 0 Å². The quantitative estimate of drug-likeness (QED) is 0.448. The number of halogens is 1. The topological polar surface area (TPSA) is 0 Å². The fourth-order valence-electron chi connectivity index (χ4n) is 2.41. The summed E-state index contributed by atoms with van der Waals surface area (Å²) in [5.41, 5.74) is 5.88. The highest BCUT2D eigenvalue weighted by molar-refractivity contribution is 5.71. The van der Waals surface area contributed by atoms with E-state index >= 15 is 0 Å². The van der Waals surface area contributed by atoms with Gasteiger partial charge in [0, 0.05) is 5.56 Å². The molecule has 0 aliphatic carbocycles. The van der Waals surface area contributed by atoms with Gasteiger partial charge in [-0.15, -0.1) is 6.58 Å². The summed E-state index contributed by atoms with van der Waals surface area (Å²) in [6, 6.07) is 21.5. The first-order valence-corrected chi connectivity index (χ1v) is 8.06. The summed E-state index contributed by atoms with van der Waals surface area (Å²) >= 11 is 0. The van der Waals surface area contributed by atoms with Crippen LogP contribution in [-0.4, -0.2) is 0 Å². The molecule has 0 saturated heterocycles. The fourth-order valence-corrected chi connectivity index (χ4v) is 2.41. The summed E-state index contributed by atoms with van der Waals surface area (Å²) in [4.78, 5) is 0. The maximum Gasteiger partial charge on any atom is 0.131 e. The predicted octanol–water partition coefficient (Wildman–Crippen LogP) is 6.97. The van der Waals surface area contributed by atoms with Crippen LogP contribution < -0.4 is 0 Å². The van der Waals surface area contributed by atoms with Crippen LogP contribution in [-0.2, 0) is 0 Å². The van der Waals surface area contributed by atoms with Crippen molar-refractivity contribution in [1.82, 2.24) is 0 Å². The van der Waals surface area contributed by atoms with Crippen LogP contribution in [0.25, 0.3) is 22.3 Å². The Hall–Kier alpha value is -2.67. The fraction of sp³-hybridized carbons (Fsp3) is 0.130. The molecule has 0 heterocycles. The highest BCUT2D eigenvalue weighted by Gasteiger charge is 2.07. The Morgan fingerprint density at radius 1 is 0.708 bits per heavy atom. The second kappa shape index (κ2) is 8.26. The molecule has 0 bridgehead atoms. The van der Waals surface area contributed by atoms with Gasteiger partial charge >= 0.3 is 0 Å². The molecule has 3 rings (SSSR count). The third kappa shape index (κ3) is 4.42. The van der Waals surface area contributed by atoms with Crippen LogP contribution in [0.3, 0.4) is 0 Å². The standard InChI is InChI=1S/C20H17F.C3H6/c1-14-3-7-16(8-4-14)18-11-12-19(20(21)13-18)17-9-5-15(2)6-10-17;1-3-2/h3-13H,1-2H3;3H,1H2,2H3. The van der Waals surface area contributed by atoms with Gasteiger partial charge in [-0.3, -0.25) is 0 Å². The Kier molecular flexibility index (Phi) is 6.08. The summed E-state index contributed by atoms with van der Waals surface area (Å²) in [6.45, 7) is 9.32. The molecule has 0 spiro atoms. The van der Waals surface area contributed by atoms with E-state index in [0.717, 1.165) is 16.7 Å². The molecule has 0 atom stereocenters. The molecule has 3 aromatic carbocycles. The molecule has 1 heteroatoms. The van der Waals surface area contributed by atoms with Crippen LogP contribution in [0.1, 0.15) is 18.1 Å². The van der Waals surface area contributed by atoms with E-state index in [-0.39, 0.29) is 5.82 Å². The lowest BCUT2D eigenvalue weighted by atomic mass is 9.98. The molecule has 3 aromatic rings. The van der Waals surface area contributed by atoms with Crippen LogP contribution in [0.2, 0.25) is 0 Å². The Balaban J connectivity index is 0.000000647. The van der Waals surface area contributed by atoms with E-state index in [0.29, 0.717) is 5.56 Å². The van der Waals surface area contributed by atoms with Gasteiger partial charge in [-0.05, 0) is 43.5 Å². The van der Waals surface area contributed by atoms with Crippen molar-refractivity contribution in [3.8, 4) is 22.3 Å². The molecule has 122 valence electrons. The first-order valence-electron chi connectivity index (χ1n) is 8.06. The average Bonchev–Trinajstić information content (AvgIpc) is 2.57. The van der Waals surface area contributed by atoms with Crippen molar-refractivity contribution < 1.29 is 4.39 Å². The summed E-state index contributed by atoms with van der Waals surface area (Å²) in [5, 5.41) is 0. The van der Waals surface area contributed by atoms with Gasteiger partial charge in [0.1, 0.15) is 5.82 Å². The monoisotopic (exact) mass is 318 g/mol. The van der Waals surface area contributed by atoms with Crippen molar-refractivity contribution in [2.45, 2.75) is 20.8 Å². The number of aryl methyl sites for hydroxylation is 2.